The van der Waals surface area contributed by atoms with Crippen molar-refractivity contribution in [3.63, 3.8) is 0 Å². The van der Waals surface area contributed by atoms with Gasteiger partial charge in [0.15, 0.2) is 0 Å². The molecule has 2 heterocycles. The van der Waals surface area contributed by atoms with E-state index in [0.717, 1.165) is 20.9 Å². The number of rotatable bonds is 3. The number of carbonyl (C=O) groups is 1. The Morgan fingerprint density at radius 3 is 2.78 bits per heavy atom. The number of aromatic nitrogens is 2. The van der Waals surface area contributed by atoms with Gasteiger partial charge in [-0.2, -0.15) is 0 Å². The molecule has 0 aliphatic rings. The fourth-order valence-electron chi connectivity index (χ4n) is 1.45. The van der Waals surface area contributed by atoms with Crippen molar-refractivity contribution in [2.45, 2.75) is 20.3 Å². The predicted molar refractivity (Wildman–Crippen MR) is 75.9 cm³/mol. The van der Waals surface area contributed by atoms with Crippen molar-refractivity contribution in [2.24, 2.45) is 0 Å². The van der Waals surface area contributed by atoms with Gasteiger partial charge in [-0.05, 0) is 41.9 Å². The number of halogens is 1. The smallest absolute Gasteiger partial charge is 0.231 e. The SMILES string of the molecule is Cc1nc(CC(=O)Nc2ccc(Br)c(C)n2)cs1. The molecule has 0 aliphatic heterocycles. The topological polar surface area (TPSA) is 54.9 Å². The number of hydrogen-bond donors (Lipinski definition) is 1. The number of nitrogens with zero attached hydrogens (tertiary/aromatic N) is 2. The average Bonchev–Trinajstić information content (AvgIpc) is 2.69. The molecule has 1 N–H and O–H groups in total. The molecule has 0 saturated carbocycles. The third kappa shape index (κ3) is 3.36. The summed E-state index contributed by atoms with van der Waals surface area (Å²) < 4.78 is 0.927. The molecule has 18 heavy (non-hydrogen) atoms. The molecule has 2 aromatic rings. The van der Waals surface area contributed by atoms with Crippen LogP contribution >= 0.6 is 27.3 Å². The minimum atomic E-state index is -0.102. The van der Waals surface area contributed by atoms with Crippen LogP contribution in [0.4, 0.5) is 5.82 Å². The van der Waals surface area contributed by atoms with Crippen LogP contribution in [0.2, 0.25) is 0 Å². The molecule has 6 heteroatoms. The lowest BCUT2D eigenvalue weighted by molar-refractivity contribution is -0.115. The van der Waals surface area contributed by atoms with E-state index < -0.39 is 0 Å². The molecule has 0 atom stereocenters. The number of thiazole rings is 1. The van der Waals surface area contributed by atoms with Crippen LogP contribution < -0.4 is 5.32 Å². The monoisotopic (exact) mass is 325 g/mol. The minimum Gasteiger partial charge on any atom is -0.310 e. The number of hydrogen-bond acceptors (Lipinski definition) is 4. The number of anilines is 1. The zero-order valence-corrected chi connectivity index (χ0v) is 12.4. The third-order valence-electron chi connectivity index (χ3n) is 2.30. The summed E-state index contributed by atoms with van der Waals surface area (Å²) in [6.45, 7) is 3.80. The highest BCUT2D eigenvalue weighted by atomic mass is 79.9. The van der Waals surface area contributed by atoms with Crippen molar-refractivity contribution in [1.29, 1.82) is 0 Å². The zero-order chi connectivity index (χ0) is 13.1. The van der Waals surface area contributed by atoms with Crippen LogP contribution in [-0.2, 0) is 11.2 Å². The van der Waals surface area contributed by atoms with Crippen molar-refractivity contribution in [1.82, 2.24) is 9.97 Å². The highest BCUT2D eigenvalue weighted by Crippen LogP contribution is 2.16. The Balaban J connectivity index is 2.00. The van der Waals surface area contributed by atoms with Gasteiger partial charge < -0.3 is 5.32 Å². The lowest BCUT2D eigenvalue weighted by Crippen LogP contribution is -2.15. The molecular formula is C12H12BrN3OS. The summed E-state index contributed by atoms with van der Waals surface area (Å²) in [7, 11) is 0. The lowest BCUT2D eigenvalue weighted by atomic mass is 10.3. The van der Waals surface area contributed by atoms with Gasteiger partial charge in [0, 0.05) is 9.85 Å². The van der Waals surface area contributed by atoms with E-state index in [0.29, 0.717) is 5.82 Å². The second-order valence-corrected chi connectivity index (χ2v) is 5.76. The summed E-state index contributed by atoms with van der Waals surface area (Å²) in [5.41, 5.74) is 1.64. The van der Waals surface area contributed by atoms with E-state index in [-0.39, 0.29) is 12.3 Å². The summed E-state index contributed by atoms with van der Waals surface area (Å²) in [6.07, 6.45) is 0.279. The van der Waals surface area contributed by atoms with Crippen molar-refractivity contribution in [3.8, 4) is 0 Å². The Morgan fingerprint density at radius 1 is 1.39 bits per heavy atom. The van der Waals surface area contributed by atoms with Crippen molar-refractivity contribution in [3.05, 3.63) is 38.4 Å². The summed E-state index contributed by atoms with van der Waals surface area (Å²) in [5.74, 6) is 0.460. The fraction of sp³-hybridized carbons (Fsp3) is 0.250. The highest BCUT2D eigenvalue weighted by Gasteiger charge is 2.08. The normalized spacial score (nSPS) is 10.4. The van der Waals surface area contributed by atoms with Crippen molar-refractivity contribution < 1.29 is 4.79 Å². The van der Waals surface area contributed by atoms with E-state index in [1.54, 1.807) is 17.4 Å². The molecule has 0 fully saturated rings. The van der Waals surface area contributed by atoms with Crippen molar-refractivity contribution in [2.75, 3.05) is 5.32 Å². The number of nitrogens with one attached hydrogen (secondary N) is 1. The van der Waals surface area contributed by atoms with Gasteiger partial charge >= 0.3 is 0 Å². The Morgan fingerprint density at radius 2 is 2.17 bits per heavy atom. The van der Waals surface area contributed by atoms with Crippen LogP contribution in [-0.4, -0.2) is 15.9 Å². The largest absolute Gasteiger partial charge is 0.310 e. The van der Waals surface area contributed by atoms with Crippen LogP contribution in [0, 0.1) is 13.8 Å². The fourth-order valence-corrected chi connectivity index (χ4v) is 2.29. The second kappa shape index (κ2) is 5.58. The molecule has 0 unspecified atom stereocenters. The van der Waals surface area contributed by atoms with Crippen LogP contribution in [0.5, 0.6) is 0 Å². The molecular weight excluding hydrogens is 314 g/mol. The number of aryl methyl sites for hydroxylation is 2. The van der Waals surface area contributed by atoms with Gasteiger partial charge in [0.05, 0.1) is 22.8 Å². The van der Waals surface area contributed by atoms with E-state index >= 15 is 0 Å². The Labute approximate surface area is 118 Å². The Hall–Kier alpha value is -1.27. The van der Waals surface area contributed by atoms with E-state index in [1.165, 1.54) is 0 Å². The van der Waals surface area contributed by atoms with E-state index in [4.69, 9.17) is 0 Å². The molecule has 2 rings (SSSR count). The summed E-state index contributed by atoms with van der Waals surface area (Å²) >= 11 is 4.91. The predicted octanol–water partition coefficient (Wildman–Crippen LogP) is 3.10. The molecule has 1 amide bonds. The van der Waals surface area contributed by atoms with Crippen LogP contribution in [0.3, 0.4) is 0 Å². The molecule has 0 aliphatic carbocycles. The Bertz CT molecular complexity index is 582. The molecule has 4 nitrogen and oxygen atoms in total. The summed E-state index contributed by atoms with van der Waals surface area (Å²) in [4.78, 5) is 20.3. The quantitative estimate of drug-likeness (QED) is 0.943. The van der Waals surface area contributed by atoms with Gasteiger partial charge in [0.25, 0.3) is 0 Å². The number of pyridine rings is 1. The van der Waals surface area contributed by atoms with E-state index in [9.17, 15) is 4.79 Å². The van der Waals surface area contributed by atoms with Gasteiger partial charge in [-0.1, -0.05) is 0 Å². The van der Waals surface area contributed by atoms with Crippen LogP contribution in [0.25, 0.3) is 0 Å². The maximum atomic E-state index is 11.8. The van der Waals surface area contributed by atoms with Crippen LogP contribution in [0.15, 0.2) is 22.0 Å². The van der Waals surface area contributed by atoms with Gasteiger partial charge in [-0.15, -0.1) is 11.3 Å². The number of carbonyl (C=O) groups excluding carboxylic acids is 1. The summed E-state index contributed by atoms with van der Waals surface area (Å²) in [6, 6.07) is 3.63. The second-order valence-electron chi connectivity index (χ2n) is 3.85. The first kappa shape index (κ1) is 13.2. The maximum Gasteiger partial charge on any atom is 0.231 e. The number of amides is 1. The zero-order valence-electron chi connectivity index (χ0n) is 10.0. The first-order valence-electron chi connectivity index (χ1n) is 5.38. The van der Waals surface area contributed by atoms with Gasteiger partial charge in [0.1, 0.15) is 5.82 Å². The molecule has 2 aromatic heterocycles. The first-order chi connectivity index (χ1) is 8.54. The molecule has 0 saturated heterocycles. The minimum absolute atomic E-state index is 0.102. The average molecular weight is 326 g/mol. The van der Waals surface area contributed by atoms with Gasteiger partial charge in [-0.3, -0.25) is 4.79 Å². The molecule has 0 radical (unpaired) electrons. The first-order valence-corrected chi connectivity index (χ1v) is 7.06. The Kier molecular flexibility index (Phi) is 4.08. The molecule has 0 spiro atoms. The maximum absolute atomic E-state index is 11.8. The van der Waals surface area contributed by atoms with Gasteiger partial charge in [0.2, 0.25) is 5.91 Å². The van der Waals surface area contributed by atoms with E-state index in [2.05, 4.69) is 31.2 Å². The molecule has 94 valence electrons. The lowest BCUT2D eigenvalue weighted by Gasteiger charge is -2.05. The molecule has 0 aromatic carbocycles. The van der Waals surface area contributed by atoms with Crippen molar-refractivity contribution >= 4 is 39.0 Å². The third-order valence-corrected chi connectivity index (χ3v) is 3.96. The van der Waals surface area contributed by atoms with E-state index in [1.807, 2.05) is 25.3 Å². The van der Waals surface area contributed by atoms with Crippen LogP contribution in [0.1, 0.15) is 16.4 Å². The standard InChI is InChI=1S/C12H12BrN3OS/c1-7-10(13)3-4-11(14-7)16-12(17)5-9-6-18-8(2)15-9/h3-4,6H,5H2,1-2H3,(H,14,16,17). The summed E-state index contributed by atoms with van der Waals surface area (Å²) in [5, 5.41) is 5.63. The van der Waals surface area contributed by atoms with Gasteiger partial charge in [-0.25, -0.2) is 9.97 Å². The highest BCUT2D eigenvalue weighted by molar-refractivity contribution is 9.10. The molecule has 0 bridgehead atoms.